The third-order valence-corrected chi connectivity index (χ3v) is 3.98. The van der Waals surface area contributed by atoms with E-state index in [9.17, 15) is 23.5 Å². The fraction of sp³-hybridized carbons (Fsp3) is 0.500. The molecule has 2 atom stereocenters. The molecule has 1 N–H and O–H groups in total. The van der Waals surface area contributed by atoms with Gasteiger partial charge in [0.1, 0.15) is 5.92 Å². The molecule has 1 saturated heterocycles. The van der Waals surface area contributed by atoms with Crippen molar-refractivity contribution in [3.63, 3.8) is 0 Å². The van der Waals surface area contributed by atoms with Crippen molar-refractivity contribution in [3.8, 4) is 0 Å². The highest BCUT2D eigenvalue weighted by Crippen LogP contribution is 2.27. The van der Waals surface area contributed by atoms with Crippen LogP contribution in [-0.4, -0.2) is 48.1 Å². The van der Waals surface area contributed by atoms with Crippen molar-refractivity contribution in [1.82, 2.24) is 4.90 Å². The normalized spacial score (nSPS) is 19.1. The van der Waals surface area contributed by atoms with Gasteiger partial charge in [-0.05, 0) is 31.9 Å². The lowest BCUT2D eigenvalue weighted by atomic mass is 10.1. The molecule has 2 amide bonds. The fourth-order valence-electron chi connectivity index (χ4n) is 2.58. The van der Waals surface area contributed by atoms with E-state index in [1.54, 1.807) is 14.0 Å². The molecule has 7 heteroatoms. The summed E-state index contributed by atoms with van der Waals surface area (Å²) in [5.74, 6) is -3.56. The monoisotopic (exact) mass is 326 g/mol. The lowest BCUT2D eigenvalue weighted by Crippen LogP contribution is -2.39. The zero-order valence-electron chi connectivity index (χ0n) is 13.1. The summed E-state index contributed by atoms with van der Waals surface area (Å²) in [5.41, 5.74) is 0.246. The van der Waals surface area contributed by atoms with E-state index in [2.05, 4.69) is 0 Å². The maximum Gasteiger partial charge on any atom is 0.239 e. The molecule has 1 aromatic carbocycles. The average molecular weight is 326 g/mol. The summed E-state index contributed by atoms with van der Waals surface area (Å²) in [6, 6.07) is 3.24. The molecule has 126 valence electrons. The van der Waals surface area contributed by atoms with Crippen LogP contribution in [0.15, 0.2) is 18.2 Å². The third kappa shape index (κ3) is 3.85. The van der Waals surface area contributed by atoms with E-state index in [0.29, 0.717) is 19.4 Å². The molecule has 0 aliphatic carbocycles. The van der Waals surface area contributed by atoms with E-state index in [-0.39, 0.29) is 18.1 Å². The van der Waals surface area contributed by atoms with Crippen LogP contribution in [-0.2, 0) is 9.59 Å². The first-order valence-corrected chi connectivity index (χ1v) is 7.50. The lowest BCUT2D eigenvalue weighted by molar-refractivity contribution is -0.139. The Bertz CT molecular complexity index is 607. The number of hydrogen-bond donors (Lipinski definition) is 1. The van der Waals surface area contributed by atoms with Crippen LogP contribution in [0.4, 0.5) is 14.5 Å². The number of halogens is 2. The van der Waals surface area contributed by atoms with Crippen molar-refractivity contribution in [2.45, 2.75) is 25.9 Å². The molecule has 2 rings (SSSR count). The molecule has 1 aliphatic rings. The topological polar surface area (TPSA) is 60.9 Å². The Hall–Kier alpha value is -2.02. The summed E-state index contributed by atoms with van der Waals surface area (Å²) in [4.78, 5) is 27.4. The second kappa shape index (κ2) is 7.04. The van der Waals surface area contributed by atoms with Crippen molar-refractivity contribution in [2.24, 2.45) is 5.92 Å². The van der Waals surface area contributed by atoms with Crippen LogP contribution < -0.4 is 4.90 Å². The van der Waals surface area contributed by atoms with Gasteiger partial charge in [0, 0.05) is 31.9 Å². The summed E-state index contributed by atoms with van der Waals surface area (Å²) in [7, 11) is 1.58. The predicted molar refractivity (Wildman–Crippen MR) is 80.8 cm³/mol. The van der Waals surface area contributed by atoms with Gasteiger partial charge in [-0.25, -0.2) is 8.78 Å². The predicted octanol–water partition coefficient (Wildman–Crippen LogP) is 1.55. The zero-order chi connectivity index (χ0) is 17.1. The Morgan fingerprint density at radius 3 is 2.74 bits per heavy atom. The molecule has 0 aromatic heterocycles. The second-order valence-corrected chi connectivity index (χ2v) is 5.83. The van der Waals surface area contributed by atoms with E-state index in [0.717, 1.165) is 12.1 Å². The average Bonchev–Trinajstić information content (AvgIpc) is 2.88. The van der Waals surface area contributed by atoms with Crippen LogP contribution in [0.2, 0.25) is 0 Å². The van der Waals surface area contributed by atoms with Gasteiger partial charge in [-0.2, -0.15) is 0 Å². The molecule has 23 heavy (non-hydrogen) atoms. The highest BCUT2D eigenvalue weighted by Gasteiger charge is 2.39. The minimum absolute atomic E-state index is 0.246. The lowest BCUT2D eigenvalue weighted by Gasteiger charge is -2.21. The van der Waals surface area contributed by atoms with Gasteiger partial charge in [-0.1, -0.05) is 0 Å². The van der Waals surface area contributed by atoms with Crippen molar-refractivity contribution >= 4 is 17.5 Å². The number of hydrogen-bond acceptors (Lipinski definition) is 3. The first-order valence-electron chi connectivity index (χ1n) is 7.50. The molecule has 5 nitrogen and oxygen atoms in total. The van der Waals surface area contributed by atoms with Crippen molar-refractivity contribution in [1.29, 1.82) is 0 Å². The highest BCUT2D eigenvalue weighted by atomic mass is 19.2. The number of amides is 2. The summed E-state index contributed by atoms with van der Waals surface area (Å²) >= 11 is 0. The standard InChI is InChI=1S/C16H20F2N2O3/c1-10(21)5-7-19(2)15(22)12-6-8-20(16(12)23)11-3-4-13(17)14(18)9-11/h3-4,9-10,12,21H,5-8H2,1-2H3. The molecule has 0 saturated carbocycles. The van der Waals surface area contributed by atoms with Crippen molar-refractivity contribution in [3.05, 3.63) is 29.8 Å². The van der Waals surface area contributed by atoms with Crippen LogP contribution in [0.25, 0.3) is 0 Å². The fourth-order valence-corrected chi connectivity index (χ4v) is 2.58. The molecule has 1 fully saturated rings. The molecule has 2 unspecified atom stereocenters. The van der Waals surface area contributed by atoms with Crippen molar-refractivity contribution in [2.75, 3.05) is 25.0 Å². The minimum Gasteiger partial charge on any atom is -0.393 e. The van der Waals surface area contributed by atoms with E-state index in [1.165, 1.54) is 15.9 Å². The maximum atomic E-state index is 13.3. The third-order valence-electron chi connectivity index (χ3n) is 3.98. The molecule has 0 bridgehead atoms. The summed E-state index contributed by atoms with van der Waals surface area (Å²) in [6.45, 7) is 2.26. The molecule has 1 heterocycles. The van der Waals surface area contributed by atoms with E-state index >= 15 is 0 Å². The molecule has 0 radical (unpaired) electrons. The van der Waals surface area contributed by atoms with Gasteiger partial charge in [-0.3, -0.25) is 9.59 Å². The van der Waals surface area contributed by atoms with Gasteiger partial charge < -0.3 is 14.9 Å². The van der Waals surface area contributed by atoms with Crippen LogP contribution in [0.5, 0.6) is 0 Å². The number of rotatable bonds is 5. The Labute approximate surface area is 133 Å². The Balaban J connectivity index is 2.06. The van der Waals surface area contributed by atoms with Crippen LogP contribution >= 0.6 is 0 Å². The quantitative estimate of drug-likeness (QED) is 0.835. The number of aliphatic hydroxyl groups is 1. The zero-order valence-corrected chi connectivity index (χ0v) is 13.1. The number of carbonyl (C=O) groups excluding carboxylic acids is 2. The van der Waals surface area contributed by atoms with Crippen LogP contribution in [0, 0.1) is 17.6 Å². The Kier molecular flexibility index (Phi) is 5.30. The second-order valence-electron chi connectivity index (χ2n) is 5.83. The van der Waals surface area contributed by atoms with Crippen LogP contribution in [0.3, 0.4) is 0 Å². The minimum atomic E-state index is -1.03. The van der Waals surface area contributed by atoms with E-state index in [4.69, 9.17) is 0 Å². The van der Waals surface area contributed by atoms with Crippen LogP contribution in [0.1, 0.15) is 19.8 Å². The number of nitrogens with zero attached hydrogens (tertiary/aromatic N) is 2. The number of anilines is 1. The maximum absolute atomic E-state index is 13.3. The largest absolute Gasteiger partial charge is 0.393 e. The van der Waals surface area contributed by atoms with Gasteiger partial charge in [-0.15, -0.1) is 0 Å². The molecular weight excluding hydrogens is 306 g/mol. The van der Waals surface area contributed by atoms with Gasteiger partial charge in [0.25, 0.3) is 0 Å². The first-order chi connectivity index (χ1) is 10.8. The molecule has 0 spiro atoms. The smallest absolute Gasteiger partial charge is 0.239 e. The van der Waals surface area contributed by atoms with Gasteiger partial charge in [0.15, 0.2) is 11.6 Å². The number of aliphatic hydroxyl groups excluding tert-OH is 1. The Morgan fingerprint density at radius 1 is 1.43 bits per heavy atom. The highest BCUT2D eigenvalue weighted by molar-refractivity contribution is 6.09. The molecule has 1 aromatic rings. The van der Waals surface area contributed by atoms with Crippen molar-refractivity contribution < 1.29 is 23.5 Å². The Morgan fingerprint density at radius 2 is 2.13 bits per heavy atom. The first kappa shape index (κ1) is 17.3. The number of benzene rings is 1. The van der Waals surface area contributed by atoms with Gasteiger partial charge in [0.2, 0.25) is 11.8 Å². The summed E-state index contributed by atoms with van der Waals surface area (Å²) in [5, 5.41) is 9.26. The number of carbonyl (C=O) groups is 2. The summed E-state index contributed by atoms with van der Waals surface area (Å²) in [6.07, 6.45) is 0.231. The summed E-state index contributed by atoms with van der Waals surface area (Å²) < 4.78 is 26.3. The van der Waals surface area contributed by atoms with Gasteiger partial charge >= 0.3 is 0 Å². The van der Waals surface area contributed by atoms with Gasteiger partial charge in [0.05, 0.1) is 6.10 Å². The molecule has 1 aliphatic heterocycles. The SMILES string of the molecule is CC(O)CCN(C)C(=O)C1CCN(c2ccc(F)c(F)c2)C1=O. The van der Waals surface area contributed by atoms with E-state index < -0.39 is 29.6 Å². The van der Waals surface area contributed by atoms with E-state index in [1.807, 2.05) is 0 Å². The molecular formula is C16H20F2N2O3.